The molecule has 24 heavy (non-hydrogen) atoms. The number of hydrogen-bond acceptors (Lipinski definition) is 2. The maximum Gasteiger partial charge on any atom is 0.319 e. The van der Waals surface area contributed by atoms with Crippen molar-refractivity contribution in [1.29, 1.82) is 0 Å². The number of carbonyl (C=O) groups is 2. The van der Waals surface area contributed by atoms with Gasteiger partial charge >= 0.3 is 6.03 Å². The first kappa shape index (κ1) is 18.0. The molecule has 126 valence electrons. The SMILES string of the molecule is O=C(CNC(=O)Nc1c(F)cccc1F)Nc1cc(Cl)ccc1Cl. The van der Waals surface area contributed by atoms with Crippen molar-refractivity contribution in [1.82, 2.24) is 5.32 Å². The van der Waals surface area contributed by atoms with E-state index >= 15 is 0 Å². The van der Waals surface area contributed by atoms with Gasteiger partial charge in [-0.15, -0.1) is 0 Å². The Labute approximate surface area is 145 Å². The van der Waals surface area contributed by atoms with Gasteiger partial charge in [0.1, 0.15) is 17.3 Å². The van der Waals surface area contributed by atoms with Crippen molar-refractivity contribution in [3.05, 3.63) is 58.1 Å². The lowest BCUT2D eigenvalue weighted by atomic mass is 10.3. The molecule has 0 aliphatic heterocycles. The highest BCUT2D eigenvalue weighted by molar-refractivity contribution is 6.35. The minimum absolute atomic E-state index is 0.269. The molecular weight excluding hydrogens is 363 g/mol. The predicted molar refractivity (Wildman–Crippen MR) is 88.5 cm³/mol. The summed E-state index contributed by atoms with van der Waals surface area (Å²) in [7, 11) is 0. The van der Waals surface area contributed by atoms with Gasteiger partial charge in [-0.2, -0.15) is 0 Å². The molecule has 0 radical (unpaired) electrons. The Kier molecular flexibility index (Phi) is 5.94. The molecule has 0 fully saturated rings. The monoisotopic (exact) mass is 373 g/mol. The molecule has 2 aromatic rings. The molecule has 5 nitrogen and oxygen atoms in total. The first-order chi connectivity index (χ1) is 11.4. The highest BCUT2D eigenvalue weighted by atomic mass is 35.5. The van der Waals surface area contributed by atoms with Gasteiger partial charge in [-0.3, -0.25) is 4.79 Å². The number of halogens is 4. The average Bonchev–Trinajstić information content (AvgIpc) is 2.53. The minimum atomic E-state index is -0.939. The third kappa shape index (κ3) is 4.81. The van der Waals surface area contributed by atoms with E-state index in [1.165, 1.54) is 12.1 Å². The molecule has 3 amide bonds. The van der Waals surface area contributed by atoms with Crippen LogP contribution in [0.5, 0.6) is 0 Å². The standard InChI is InChI=1S/C15H11Cl2F2N3O2/c16-8-4-5-9(17)12(6-8)21-13(23)7-20-15(24)22-14-10(18)2-1-3-11(14)19/h1-6H,7H2,(H,21,23)(H2,20,22,24). The topological polar surface area (TPSA) is 70.2 Å². The van der Waals surface area contributed by atoms with Crippen LogP contribution in [0.2, 0.25) is 10.0 Å². The lowest BCUT2D eigenvalue weighted by Crippen LogP contribution is -2.36. The fraction of sp³-hybridized carbons (Fsp3) is 0.0667. The molecule has 3 N–H and O–H groups in total. The molecule has 2 rings (SSSR count). The second-order valence-electron chi connectivity index (χ2n) is 4.58. The van der Waals surface area contributed by atoms with Gasteiger partial charge in [0.25, 0.3) is 0 Å². The fourth-order valence-corrected chi connectivity index (χ4v) is 2.06. The van der Waals surface area contributed by atoms with Crippen LogP contribution < -0.4 is 16.0 Å². The maximum absolute atomic E-state index is 13.4. The molecule has 0 heterocycles. The second kappa shape index (κ2) is 7.94. The maximum atomic E-state index is 13.4. The Morgan fingerprint density at radius 1 is 1.00 bits per heavy atom. The van der Waals surface area contributed by atoms with Crippen molar-refractivity contribution in [2.75, 3.05) is 17.2 Å². The molecule has 0 aliphatic rings. The van der Waals surface area contributed by atoms with Gasteiger partial charge in [0.05, 0.1) is 17.3 Å². The molecular formula is C15H11Cl2F2N3O2. The summed E-state index contributed by atoms with van der Waals surface area (Å²) >= 11 is 11.7. The summed E-state index contributed by atoms with van der Waals surface area (Å²) in [6, 6.07) is 6.70. The van der Waals surface area contributed by atoms with E-state index in [9.17, 15) is 18.4 Å². The first-order valence-electron chi connectivity index (χ1n) is 6.60. The zero-order valence-electron chi connectivity index (χ0n) is 12.0. The summed E-state index contributed by atoms with van der Waals surface area (Å²) in [6.45, 7) is -0.440. The number of carbonyl (C=O) groups excluding carboxylic acids is 2. The number of nitrogens with one attached hydrogen (secondary N) is 3. The first-order valence-corrected chi connectivity index (χ1v) is 7.36. The van der Waals surface area contributed by atoms with Crippen LogP contribution in [-0.4, -0.2) is 18.5 Å². The molecule has 0 atom stereocenters. The summed E-state index contributed by atoms with van der Waals surface area (Å²) in [6.07, 6.45) is 0. The number of hydrogen-bond donors (Lipinski definition) is 3. The molecule has 0 bridgehead atoms. The molecule has 9 heteroatoms. The third-order valence-electron chi connectivity index (χ3n) is 2.81. The zero-order chi connectivity index (χ0) is 17.7. The van der Waals surface area contributed by atoms with E-state index in [0.717, 1.165) is 18.2 Å². The lowest BCUT2D eigenvalue weighted by molar-refractivity contribution is -0.115. The number of para-hydroxylation sites is 1. The number of anilines is 2. The molecule has 0 saturated heterocycles. The lowest BCUT2D eigenvalue weighted by Gasteiger charge is -2.10. The smallest absolute Gasteiger partial charge is 0.319 e. The van der Waals surface area contributed by atoms with Crippen molar-refractivity contribution < 1.29 is 18.4 Å². The summed E-state index contributed by atoms with van der Waals surface area (Å²) in [5.74, 6) is -2.45. The van der Waals surface area contributed by atoms with Gasteiger partial charge in [0.2, 0.25) is 5.91 Å². The summed E-state index contributed by atoms with van der Waals surface area (Å²) in [4.78, 5) is 23.4. The molecule has 0 saturated carbocycles. The van der Waals surface area contributed by atoms with Crippen LogP contribution in [0.25, 0.3) is 0 Å². The summed E-state index contributed by atoms with van der Waals surface area (Å²) in [5, 5.41) is 7.25. The number of amides is 3. The highest BCUT2D eigenvalue weighted by Gasteiger charge is 2.13. The van der Waals surface area contributed by atoms with Crippen LogP contribution in [-0.2, 0) is 4.79 Å². The minimum Gasteiger partial charge on any atom is -0.329 e. The van der Waals surface area contributed by atoms with Gasteiger partial charge in [0.15, 0.2) is 0 Å². The molecule has 0 spiro atoms. The van der Waals surface area contributed by atoms with Crippen molar-refractivity contribution in [3.63, 3.8) is 0 Å². The van der Waals surface area contributed by atoms with Crippen molar-refractivity contribution in [2.24, 2.45) is 0 Å². The van der Waals surface area contributed by atoms with E-state index < -0.39 is 35.8 Å². The van der Waals surface area contributed by atoms with Gasteiger partial charge < -0.3 is 16.0 Å². The molecule has 0 aliphatic carbocycles. The Balaban J connectivity index is 1.89. The van der Waals surface area contributed by atoms with Crippen LogP contribution in [0.4, 0.5) is 25.0 Å². The van der Waals surface area contributed by atoms with Crippen molar-refractivity contribution in [3.8, 4) is 0 Å². The van der Waals surface area contributed by atoms with Crippen LogP contribution in [0.3, 0.4) is 0 Å². The quantitative estimate of drug-likeness (QED) is 0.756. The van der Waals surface area contributed by atoms with E-state index in [-0.39, 0.29) is 10.7 Å². The normalized spacial score (nSPS) is 10.2. The predicted octanol–water partition coefficient (Wildman–Crippen LogP) is 4.03. The summed E-state index contributed by atoms with van der Waals surface area (Å²) in [5.41, 5.74) is -0.329. The summed E-state index contributed by atoms with van der Waals surface area (Å²) < 4.78 is 26.8. The van der Waals surface area contributed by atoms with E-state index in [4.69, 9.17) is 23.2 Å². The number of rotatable bonds is 4. The largest absolute Gasteiger partial charge is 0.329 e. The molecule has 2 aromatic carbocycles. The molecule has 0 unspecified atom stereocenters. The Morgan fingerprint density at radius 3 is 2.33 bits per heavy atom. The van der Waals surface area contributed by atoms with Gasteiger partial charge in [-0.05, 0) is 30.3 Å². The van der Waals surface area contributed by atoms with E-state index in [1.807, 2.05) is 5.32 Å². The second-order valence-corrected chi connectivity index (χ2v) is 5.42. The van der Waals surface area contributed by atoms with Gasteiger partial charge in [0, 0.05) is 5.02 Å². The Morgan fingerprint density at radius 2 is 1.67 bits per heavy atom. The van der Waals surface area contributed by atoms with Crippen molar-refractivity contribution in [2.45, 2.75) is 0 Å². The third-order valence-corrected chi connectivity index (χ3v) is 3.38. The number of benzene rings is 2. The number of urea groups is 1. The Bertz CT molecular complexity index is 767. The molecule has 0 aromatic heterocycles. The van der Waals surface area contributed by atoms with Crippen LogP contribution in [0, 0.1) is 11.6 Å². The highest BCUT2D eigenvalue weighted by Crippen LogP contribution is 2.25. The van der Waals surface area contributed by atoms with Gasteiger partial charge in [-0.25, -0.2) is 13.6 Å². The van der Waals surface area contributed by atoms with E-state index in [1.54, 1.807) is 6.07 Å². The Hall–Kier alpha value is -2.38. The van der Waals surface area contributed by atoms with Crippen LogP contribution in [0.1, 0.15) is 0 Å². The van der Waals surface area contributed by atoms with Gasteiger partial charge in [-0.1, -0.05) is 29.3 Å². The van der Waals surface area contributed by atoms with Crippen LogP contribution >= 0.6 is 23.2 Å². The average molecular weight is 374 g/mol. The van der Waals surface area contributed by atoms with E-state index in [2.05, 4.69) is 10.6 Å². The van der Waals surface area contributed by atoms with E-state index in [0.29, 0.717) is 5.02 Å². The fourth-order valence-electron chi connectivity index (χ4n) is 1.72. The zero-order valence-corrected chi connectivity index (χ0v) is 13.5. The van der Waals surface area contributed by atoms with Crippen LogP contribution in [0.15, 0.2) is 36.4 Å². The van der Waals surface area contributed by atoms with Crippen molar-refractivity contribution >= 4 is 46.5 Å².